The van der Waals surface area contributed by atoms with E-state index in [1.165, 1.54) is 12.8 Å². The maximum Gasteiger partial charge on any atom is 0.224 e. The zero-order valence-electron chi connectivity index (χ0n) is 13.4. The number of aromatic nitrogens is 2. The third-order valence-corrected chi connectivity index (χ3v) is 4.55. The molecule has 3 rings (SSSR count). The molecular weight excluding hydrogens is 276 g/mol. The molecule has 1 unspecified atom stereocenters. The topological polar surface area (TPSA) is 58.1 Å². The van der Waals surface area contributed by atoms with Gasteiger partial charge in [0.25, 0.3) is 0 Å². The lowest BCUT2D eigenvalue weighted by molar-refractivity contribution is -0.125. The molecule has 5 nitrogen and oxygen atoms in total. The Balaban J connectivity index is 1.60. The molecule has 22 heavy (non-hydrogen) atoms. The van der Waals surface area contributed by atoms with Crippen molar-refractivity contribution in [2.24, 2.45) is 5.92 Å². The van der Waals surface area contributed by atoms with Gasteiger partial charge in [-0.3, -0.25) is 4.79 Å². The van der Waals surface area contributed by atoms with Crippen LogP contribution in [-0.2, 0) is 4.79 Å². The van der Waals surface area contributed by atoms with Crippen molar-refractivity contribution in [1.82, 2.24) is 15.3 Å². The molecular formula is C17H26N4O. The van der Waals surface area contributed by atoms with Gasteiger partial charge in [-0.2, -0.15) is 0 Å². The second-order valence-electron chi connectivity index (χ2n) is 6.48. The van der Waals surface area contributed by atoms with E-state index in [1.807, 2.05) is 12.3 Å². The largest absolute Gasteiger partial charge is 0.356 e. The van der Waals surface area contributed by atoms with Crippen molar-refractivity contribution in [3.63, 3.8) is 0 Å². The highest BCUT2D eigenvalue weighted by Crippen LogP contribution is 2.38. The van der Waals surface area contributed by atoms with Gasteiger partial charge in [0, 0.05) is 31.7 Å². The van der Waals surface area contributed by atoms with E-state index in [0.29, 0.717) is 5.92 Å². The molecule has 0 radical (unpaired) electrons. The molecule has 1 amide bonds. The zero-order chi connectivity index (χ0) is 15.4. The van der Waals surface area contributed by atoms with Crippen LogP contribution in [0.1, 0.15) is 57.2 Å². The predicted octanol–water partition coefficient (Wildman–Crippen LogP) is 2.49. The Labute approximate surface area is 132 Å². The third kappa shape index (κ3) is 3.76. The summed E-state index contributed by atoms with van der Waals surface area (Å²) in [4.78, 5) is 23.6. The molecule has 2 fully saturated rings. The van der Waals surface area contributed by atoms with Crippen LogP contribution >= 0.6 is 0 Å². The van der Waals surface area contributed by atoms with Gasteiger partial charge in [-0.25, -0.2) is 9.97 Å². The van der Waals surface area contributed by atoms with Crippen LogP contribution in [0, 0.1) is 5.92 Å². The van der Waals surface area contributed by atoms with Crippen molar-refractivity contribution in [2.45, 2.75) is 51.4 Å². The first kappa shape index (κ1) is 15.3. The minimum atomic E-state index is 0.0879. The van der Waals surface area contributed by atoms with Crippen LogP contribution < -0.4 is 10.2 Å². The molecule has 2 aliphatic rings. The van der Waals surface area contributed by atoms with Gasteiger partial charge in [-0.1, -0.05) is 13.3 Å². The smallest absolute Gasteiger partial charge is 0.224 e. The Bertz CT molecular complexity index is 515. The summed E-state index contributed by atoms with van der Waals surface area (Å²) in [5.74, 6) is 2.83. The number of amides is 1. The minimum absolute atomic E-state index is 0.0879. The first-order chi connectivity index (χ1) is 10.8. The van der Waals surface area contributed by atoms with Crippen LogP contribution in [0.4, 0.5) is 5.82 Å². The van der Waals surface area contributed by atoms with E-state index in [0.717, 1.165) is 57.0 Å². The van der Waals surface area contributed by atoms with Crippen molar-refractivity contribution in [3.05, 3.63) is 18.1 Å². The number of nitrogens with zero attached hydrogens (tertiary/aromatic N) is 3. The molecule has 1 N–H and O–H groups in total. The van der Waals surface area contributed by atoms with Crippen LogP contribution in [0.15, 0.2) is 12.3 Å². The monoisotopic (exact) mass is 302 g/mol. The summed E-state index contributed by atoms with van der Waals surface area (Å²) in [6.07, 6.45) is 8.49. The highest BCUT2D eigenvalue weighted by Gasteiger charge is 2.29. The fourth-order valence-electron chi connectivity index (χ4n) is 3.01. The van der Waals surface area contributed by atoms with E-state index in [2.05, 4.69) is 22.1 Å². The van der Waals surface area contributed by atoms with E-state index < -0.39 is 0 Å². The van der Waals surface area contributed by atoms with Gasteiger partial charge in [-0.15, -0.1) is 0 Å². The minimum Gasteiger partial charge on any atom is -0.356 e. The fraction of sp³-hybridized carbons (Fsp3) is 0.706. The quantitative estimate of drug-likeness (QED) is 0.820. The van der Waals surface area contributed by atoms with Gasteiger partial charge in [0.1, 0.15) is 11.6 Å². The molecule has 1 aliphatic carbocycles. The summed E-state index contributed by atoms with van der Waals surface area (Å²) >= 11 is 0. The number of carbonyl (C=O) groups is 1. The van der Waals surface area contributed by atoms with Crippen LogP contribution in [-0.4, -0.2) is 35.5 Å². The molecule has 2 heterocycles. The number of unbranched alkanes of at least 4 members (excludes halogenated alkanes) is 1. The van der Waals surface area contributed by atoms with Crippen LogP contribution in [0.3, 0.4) is 0 Å². The summed E-state index contributed by atoms with van der Waals surface area (Å²) < 4.78 is 0. The van der Waals surface area contributed by atoms with Crippen molar-refractivity contribution in [1.29, 1.82) is 0 Å². The first-order valence-corrected chi connectivity index (χ1v) is 8.63. The fourth-order valence-corrected chi connectivity index (χ4v) is 3.01. The molecule has 1 aromatic rings. The van der Waals surface area contributed by atoms with E-state index in [9.17, 15) is 4.79 Å². The Morgan fingerprint density at radius 1 is 1.41 bits per heavy atom. The van der Waals surface area contributed by atoms with Crippen LogP contribution in [0.25, 0.3) is 0 Å². The van der Waals surface area contributed by atoms with E-state index in [1.54, 1.807) is 0 Å². The number of anilines is 1. The van der Waals surface area contributed by atoms with Crippen molar-refractivity contribution >= 4 is 11.7 Å². The number of carbonyl (C=O) groups excluding carboxylic acids is 1. The van der Waals surface area contributed by atoms with Crippen molar-refractivity contribution < 1.29 is 4.79 Å². The second-order valence-corrected chi connectivity index (χ2v) is 6.48. The molecule has 5 heteroatoms. The molecule has 0 aromatic carbocycles. The highest BCUT2D eigenvalue weighted by atomic mass is 16.1. The lowest BCUT2D eigenvalue weighted by Crippen LogP contribution is -2.43. The molecule has 1 atom stereocenters. The highest BCUT2D eigenvalue weighted by molar-refractivity contribution is 5.79. The average Bonchev–Trinajstić information content (AvgIpc) is 3.40. The van der Waals surface area contributed by atoms with E-state index in [-0.39, 0.29) is 11.8 Å². The van der Waals surface area contributed by atoms with Crippen molar-refractivity contribution in [2.75, 3.05) is 24.5 Å². The zero-order valence-corrected chi connectivity index (χ0v) is 13.4. The lowest BCUT2D eigenvalue weighted by Gasteiger charge is -2.33. The van der Waals surface area contributed by atoms with Gasteiger partial charge in [-0.05, 0) is 38.2 Å². The molecule has 0 bridgehead atoms. The van der Waals surface area contributed by atoms with Gasteiger partial charge in [0.2, 0.25) is 5.91 Å². The number of hydrogen-bond acceptors (Lipinski definition) is 4. The van der Waals surface area contributed by atoms with Gasteiger partial charge in [0.05, 0.1) is 5.92 Å². The number of nitrogens with one attached hydrogen (secondary N) is 1. The average molecular weight is 302 g/mol. The summed E-state index contributed by atoms with van der Waals surface area (Å²) in [6.45, 7) is 4.70. The number of piperidine rings is 1. The summed E-state index contributed by atoms with van der Waals surface area (Å²) in [6, 6.07) is 1.98. The molecule has 1 aliphatic heterocycles. The summed E-state index contributed by atoms with van der Waals surface area (Å²) in [5, 5.41) is 3.07. The molecule has 0 spiro atoms. The Morgan fingerprint density at radius 3 is 3.05 bits per heavy atom. The van der Waals surface area contributed by atoms with Crippen LogP contribution in [0.5, 0.6) is 0 Å². The third-order valence-electron chi connectivity index (χ3n) is 4.55. The van der Waals surface area contributed by atoms with Gasteiger partial charge >= 0.3 is 0 Å². The summed E-state index contributed by atoms with van der Waals surface area (Å²) in [5.41, 5.74) is 0. The summed E-state index contributed by atoms with van der Waals surface area (Å²) in [7, 11) is 0. The number of rotatable bonds is 6. The molecule has 1 saturated heterocycles. The standard InChI is InChI=1S/C17H26N4O/c1-2-3-9-19-17(22)14-5-4-11-21(12-14)15-8-10-18-16(20-15)13-6-7-13/h8,10,13-14H,2-7,9,11-12H2,1H3,(H,19,22). The van der Waals surface area contributed by atoms with E-state index >= 15 is 0 Å². The first-order valence-electron chi connectivity index (χ1n) is 8.63. The maximum atomic E-state index is 12.3. The van der Waals surface area contributed by atoms with Gasteiger partial charge < -0.3 is 10.2 Å². The van der Waals surface area contributed by atoms with Crippen molar-refractivity contribution in [3.8, 4) is 0 Å². The SMILES string of the molecule is CCCCNC(=O)C1CCCN(c2ccnc(C3CC3)n2)C1. The molecule has 120 valence electrons. The predicted molar refractivity (Wildman–Crippen MR) is 86.9 cm³/mol. The Kier molecular flexibility index (Phi) is 4.90. The molecule has 1 saturated carbocycles. The second kappa shape index (κ2) is 7.07. The normalized spacial score (nSPS) is 21.7. The maximum absolute atomic E-state index is 12.3. The lowest BCUT2D eigenvalue weighted by atomic mass is 9.97. The Hall–Kier alpha value is -1.65. The molecule has 1 aromatic heterocycles. The van der Waals surface area contributed by atoms with Gasteiger partial charge in [0.15, 0.2) is 0 Å². The van der Waals surface area contributed by atoms with Crippen LogP contribution in [0.2, 0.25) is 0 Å². The van der Waals surface area contributed by atoms with E-state index in [4.69, 9.17) is 4.98 Å². The Morgan fingerprint density at radius 2 is 2.27 bits per heavy atom. The number of hydrogen-bond donors (Lipinski definition) is 1.